The van der Waals surface area contributed by atoms with E-state index in [2.05, 4.69) is 11.7 Å². The molecule has 8 heteroatoms. The van der Waals surface area contributed by atoms with Gasteiger partial charge in [0.15, 0.2) is 5.82 Å². The van der Waals surface area contributed by atoms with Crippen molar-refractivity contribution in [2.75, 3.05) is 18.1 Å². The molecule has 35 heavy (non-hydrogen) atoms. The minimum Gasteiger partial charge on any atom is -0.507 e. The molecule has 1 aliphatic rings. The van der Waals surface area contributed by atoms with Gasteiger partial charge in [0.1, 0.15) is 29.6 Å². The van der Waals surface area contributed by atoms with Crippen LogP contribution < -0.4 is 14.4 Å². The highest BCUT2D eigenvalue weighted by Crippen LogP contribution is 2.42. The van der Waals surface area contributed by atoms with E-state index < -0.39 is 17.7 Å². The van der Waals surface area contributed by atoms with Gasteiger partial charge in [0, 0.05) is 11.6 Å². The first-order valence-corrected chi connectivity index (χ1v) is 11.3. The van der Waals surface area contributed by atoms with Crippen molar-refractivity contribution in [1.29, 1.82) is 0 Å². The molecule has 8 nitrogen and oxygen atoms in total. The minimum absolute atomic E-state index is 0.0439. The van der Waals surface area contributed by atoms with Crippen LogP contribution in [0.15, 0.2) is 77.3 Å². The number of amides is 1. The van der Waals surface area contributed by atoms with Gasteiger partial charge in [0.2, 0.25) is 0 Å². The number of carbonyl (C=O) groups excluding carboxylic acids is 2. The van der Waals surface area contributed by atoms with Gasteiger partial charge in [0.25, 0.3) is 5.78 Å². The van der Waals surface area contributed by atoms with Crippen LogP contribution in [0.3, 0.4) is 0 Å². The van der Waals surface area contributed by atoms with Crippen LogP contribution in [-0.4, -0.2) is 35.2 Å². The average Bonchev–Trinajstić information content (AvgIpc) is 3.42. The minimum atomic E-state index is -0.913. The Hall–Kier alpha value is -4.33. The second kappa shape index (κ2) is 10.3. The normalized spacial score (nSPS) is 17.0. The Morgan fingerprint density at radius 2 is 1.77 bits per heavy atom. The number of ether oxygens (including phenoxy) is 2. The molecule has 0 bridgehead atoms. The second-order valence-electron chi connectivity index (χ2n) is 8.01. The summed E-state index contributed by atoms with van der Waals surface area (Å²) in [6, 6.07) is 14.3. The molecule has 1 aliphatic heterocycles. The lowest BCUT2D eigenvalue weighted by Crippen LogP contribution is -2.29. The lowest BCUT2D eigenvalue weighted by Gasteiger charge is -2.23. The summed E-state index contributed by atoms with van der Waals surface area (Å²) in [5, 5.41) is 15.2. The molecule has 1 unspecified atom stereocenters. The highest BCUT2D eigenvalue weighted by Gasteiger charge is 2.48. The van der Waals surface area contributed by atoms with Gasteiger partial charge < -0.3 is 19.1 Å². The van der Waals surface area contributed by atoms with E-state index in [9.17, 15) is 14.7 Å². The first-order chi connectivity index (χ1) is 16.9. The maximum Gasteiger partial charge on any atom is 0.301 e. The predicted molar refractivity (Wildman–Crippen MR) is 130 cm³/mol. The number of nitrogens with zero attached hydrogens (tertiary/aromatic N) is 2. The number of carbonyl (C=O) groups is 2. The number of hydrogen-bond acceptors (Lipinski definition) is 7. The van der Waals surface area contributed by atoms with Crippen LogP contribution >= 0.6 is 0 Å². The zero-order valence-corrected chi connectivity index (χ0v) is 19.6. The summed E-state index contributed by atoms with van der Waals surface area (Å²) < 4.78 is 16.3. The van der Waals surface area contributed by atoms with E-state index >= 15 is 0 Å². The number of aromatic nitrogens is 1. The third kappa shape index (κ3) is 4.82. The molecule has 1 atom stereocenters. The lowest BCUT2D eigenvalue weighted by atomic mass is 9.95. The number of hydrogen-bond donors (Lipinski definition) is 1. The number of rotatable bonds is 9. The first-order valence-electron chi connectivity index (χ1n) is 11.3. The maximum absolute atomic E-state index is 13.2. The van der Waals surface area contributed by atoms with Crippen molar-refractivity contribution in [2.24, 2.45) is 0 Å². The van der Waals surface area contributed by atoms with Gasteiger partial charge in [-0.3, -0.25) is 14.5 Å². The predicted octanol–water partition coefficient (Wildman–Crippen LogP) is 4.96. The topological polar surface area (TPSA) is 102 Å². The third-order valence-corrected chi connectivity index (χ3v) is 5.47. The molecule has 0 radical (unpaired) electrons. The van der Waals surface area contributed by atoms with Crippen LogP contribution in [0.5, 0.6) is 11.5 Å². The molecule has 180 valence electrons. The number of anilines is 1. The van der Waals surface area contributed by atoms with Gasteiger partial charge in [-0.05, 0) is 55.3 Å². The Kier molecular flexibility index (Phi) is 7.01. The largest absolute Gasteiger partial charge is 0.507 e. The lowest BCUT2D eigenvalue weighted by molar-refractivity contribution is -0.132. The Balaban J connectivity index is 1.79. The zero-order chi connectivity index (χ0) is 24.9. The molecule has 0 aliphatic carbocycles. The van der Waals surface area contributed by atoms with E-state index in [0.717, 1.165) is 6.42 Å². The van der Waals surface area contributed by atoms with E-state index in [1.807, 2.05) is 6.92 Å². The number of aliphatic hydroxyl groups excluding tert-OH is 1. The van der Waals surface area contributed by atoms with Crippen molar-refractivity contribution in [1.82, 2.24) is 5.16 Å². The van der Waals surface area contributed by atoms with Gasteiger partial charge in [-0.2, -0.15) is 0 Å². The van der Waals surface area contributed by atoms with Gasteiger partial charge in [-0.15, -0.1) is 0 Å². The van der Waals surface area contributed by atoms with E-state index in [-0.39, 0.29) is 17.2 Å². The van der Waals surface area contributed by atoms with Crippen molar-refractivity contribution in [3.63, 3.8) is 0 Å². The number of Topliss-reactive ketones (excluding diaryl/α,β-unsaturated/α-hetero) is 1. The van der Waals surface area contributed by atoms with E-state index in [0.29, 0.717) is 41.6 Å². The Morgan fingerprint density at radius 1 is 1.11 bits per heavy atom. The first kappa shape index (κ1) is 23.8. The monoisotopic (exact) mass is 474 g/mol. The van der Waals surface area contributed by atoms with Crippen molar-refractivity contribution in [2.45, 2.75) is 26.3 Å². The summed E-state index contributed by atoms with van der Waals surface area (Å²) >= 11 is 0. The average molecular weight is 475 g/mol. The number of benzene rings is 2. The summed E-state index contributed by atoms with van der Waals surface area (Å²) in [7, 11) is 0. The summed E-state index contributed by atoms with van der Waals surface area (Å²) in [6.45, 7) is 8.24. The molecule has 2 aromatic carbocycles. The smallest absolute Gasteiger partial charge is 0.301 e. The second-order valence-corrected chi connectivity index (χ2v) is 8.01. The van der Waals surface area contributed by atoms with Gasteiger partial charge in [-0.25, -0.2) is 0 Å². The Labute approximate surface area is 203 Å². The highest BCUT2D eigenvalue weighted by atomic mass is 16.5. The summed E-state index contributed by atoms with van der Waals surface area (Å²) in [5.74, 6) is 0.0100. The third-order valence-electron chi connectivity index (χ3n) is 5.47. The number of ketones is 1. The molecule has 1 aromatic heterocycles. The molecule has 0 spiro atoms. The van der Waals surface area contributed by atoms with Gasteiger partial charge in [-0.1, -0.05) is 36.9 Å². The molecule has 1 N–H and O–H groups in total. The van der Waals surface area contributed by atoms with E-state index in [4.69, 9.17) is 14.0 Å². The molecule has 0 saturated carbocycles. The summed E-state index contributed by atoms with van der Waals surface area (Å²) in [4.78, 5) is 27.5. The Bertz CT molecular complexity index is 1260. The molecule has 4 rings (SSSR count). The molecule has 2 heterocycles. The molecular weight excluding hydrogens is 448 g/mol. The summed E-state index contributed by atoms with van der Waals surface area (Å²) in [5.41, 5.74) is 0.942. The fraction of sp³-hybridized carbons (Fsp3) is 0.222. The zero-order valence-electron chi connectivity index (χ0n) is 19.6. The van der Waals surface area contributed by atoms with E-state index in [1.165, 1.54) is 4.90 Å². The van der Waals surface area contributed by atoms with Crippen LogP contribution in [-0.2, 0) is 9.59 Å². The highest BCUT2D eigenvalue weighted by molar-refractivity contribution is 6.51. The molecule has 1 fully saturated rings. The van der Waals surface area contributed by atoms with Crippen LogP contribution in [0.25, 0.3) is 5.76 Å². The molecule has 3 aromatic rings. The Morgan fingerprint density at radius 3 is 2.37 bits per heavy atom. The SMILES string of the molecule is C=CCOc1ccc(C2/C(=C(/O)c3ccc(OCCC)cc3)C(=O)C(=O)N2c2cc(C)on2)cc1. The fourth-order valence-electron chi connectivity index (χ4n) is 3.84. The van der Waals surface area contributed by atoms with Crippen LogP contribution in [0.4, 0.5) is 5.82 Å². The molecule has 1 saturated heterocycles. The van der Waals surface area contributed by atoms with E-state index in [1.54, 1.807) is 67.6 Å². The molecule has 1 amide bonds. The number of aliphatic hydroxyl groups is 1. The van der Waals surface area contributed by atoms with Crippen LogP contribution in [0.1, 0.15) is 36.3 Å². The van der Waals surface area contributed by atoms with Gasteiger partial charge >= 0.3 is 5.91 Å². The van der Waals surface area contributed by atoms with Crippen molar-refractivity contribution in [3.8, 4) is 11.5 Å². The summed E-state index contributed by atoms with van der Waals surface area (Å²) in [6.07, 6.45) is 2.50. The van der Waals surface area contributed by atoms with Crippen LogP contribution in [0, 0.1) is 6.92 Å². The number of aryl methyl sites for hydroxylation is 1. The van der Waals surface area contributed by atoms with Crippen LogP contribution in [0.2, 0.25) is 0 Å². The van der Waals surface area contributed by atoms with Crippen molar-refractivity contribution >= 4 is 23.3 Å². The quantitative estimate of drug-likeness (QED) is 0.202. The van der Waals surface area contributed by atoms with Crippen molar-refractivity contribution < 1.29 is 28.7 Å². The molecular formula is C27H26N2O6. The fourth-order valence-corrected chi connectivity index (χ4v) is 3.84. The van der Waals surface area contributed by atoms with Gasteiger partial charge in [0.05, 0.1) is 18.2 Å². The van der Waals surface area contributed by atoms with Crippen molar-refractivity contribution in [3.05, 3.63) is 89.7 Å². The standard InChI is InChI=1S/C27H26N2O6/c1-4-14-33-20-10-6-18(7-11-20)24-23(25(30)19-8-12-21(13-9-19)34-15-5-2)26(31)27(32)29(24)22-16-17(3)35-28-22/h4,6-13,16,24,30H,1,5,14-15H2,2-3H3/b25-23-. The maximum atomic E-state index is 13.2.